The van der Waals surface area contributed by atoms with Gasteiger partial charge >= 0.3 is 0 Å². The summed E-state index contributed by atoms with van der Waals surface area (Å²) in [4.78, 5) is 54.7. The molecule has 6 rings (SSSR count). The second-order valence-electron chi connectivity index (χ2n) is 9.11. The highest BCUT2D eigenvalue weighted by molar-refractivity contribution is 6.30. The molecule has 3 aromatic carbocycles. The average Bonchev–Trinajstić information content (AvgIpc) is 3.38. The standard InChI is InChI=1S/C27H19ClN4O5/c28-16-5-7-17(8-6-16)29-25(33)24-22-21(23-20-4-2-1-3-15(20)13-14-30(23)24)26(34)31(27(22)35)18-9-11-19(12-10-18)32(36)37/h1-14,21-24H,(H,29,33)/t21-,22-,23-,24+/m0/s1. The number of rotatable bonds is 4. The zero-order valence-corrected chi connectivity index (χ0v) is 19.9. The van der Waals surface area contributed by atoms with Crippen molar-refractivity contribution in [3.63, 3.8) is 0 Å². The van der Waals surface area contributed by atoms with E-state index in [0.29, 0.717) is 10.7 Å². The first kappa shape index (κ1) is 22.9. The van der Waals surface area contributed by atoms with Crippen molar-refractivity contribution in [3.8, 4) is 0 Å². The lowest BCUT2D eigenvalue weighted by Gasteiger charge is -2.35. The largest absolute Gasteiger partial charge is 0.357 e. The van der Waals surface area contributed by atoms with Crippen molar-refractivity contribution >= 4 is 52.5 Å². The highest BCUT2D eigenvalue weighted by Crippen LogP contribution is 2.53. The number of benzene rings is 3. The van der Waals surface area contributed by atoms with E-state index in [2.05, 4.69) is 5.32 Å². The van der Waals surface area contributed by atoms with Crippen LogP contribution in [-0.2, 0) is 14.4 Å². The van der Waals surface area contributed by atoms with E-state index in [1.54, 1.807) is 35.4 Å². The van der Waals surface area contributed by atoms with E-state index in [0.717, 1.165) is 16.0 Å². The van der Waals surface area contributed by atoms with Gasteiger partial charge in [0.05, 0.1) is 28.5 Å². The molecule has 3 heterocycles. The van der Waals surface area contributed by atoms with E-state index in [1.165, 1.54) is 24.3 Å². The monoisotopic (exact) mass is 514 g/mol. The summed E-state index contributed by atoms with van der Waals surface area (Å²) < 4.78 is 0. The third-order valence-electron chi connectivity index (χ3n) is 7.16. The van der Waals surface area contributed by atoms with Crippen LogP contribution in [0.5, 0.6) is 0 Å². The Labute approximate surface area is 216 Å². The maximum absolute atomic E-state index is 13.8. The molecule has 3 amide bonds. The lowest BCUT2D eigenvalue weighted by atomic mass is 9.84. The Balaban J connectivity index is 1.42. The molecule has 3 aromatic rings. The van der Waals surface area contributed by atoms with E-state index < -0.39 is 46.6 Å². The zero-order chi connectivity index (χ0) is 25.8. The van der Waals surface area contributed by atoms with Gasteiger partial charge in [-0.25, -0.2) is 4.90 Å². The molecule has 3 aliphatic rings. The number of hydrogen-bond donors (Lipinski definition) is 1. The van der Waals surface area contributed by atoms with Crippen molar-refractivity contribution in [2.75, 3.05) is 10.2 Å². The number of anilines is 2. The first-order valence-electron chi connectivity index (χ1n) is 11.6. The topological polar surface area (TPSA) is 113 Å². The smallest absolute Gasteiger partial charge is 0.269 e. The van der Waals surface area contributed by atoms with Crippen LogP contribution in [0.25, 0.3) is 6.08 Å². The second-order valence-corrected chi connectivity index (χ2v) is 9.55. The van der Waals surface area contributed by atoms with Gasteiger partial charge in [0, 0.05) is 29.0 Å². The van der Waals surface area contributed by atoms with Crippen LogP contribution in [0.3, 0.4) is 0 Å². The minimum atomic E-state index is -0.949. The highest BCUT2D eigenvalue weighted by Gasteiger charge is 2.64. The lowest BCUT2D eigenvalue weighted by Crippen LogP contribution is -2.46. The van der Waals surface area contributed by atoms with Gasteiger partial charge < -0.3 is 10.2 Å². The van der Waals surface area contributed by atoms with Crippen LogP contribution in [0.1, 0.15) is 17.2 Å². The maximum Gasteiger partial charge on any atom is 0.269 e. The van der Waals surface area contributed by atoms with Gasteiger partial charge in [-0.15, -0.1) is 0 Å². The number of carbonyl (C=O) groups excluding carboxylic acids is 3. The number of nitrogens with zero attached hydrogens (tertiary/aromatic N) is 3. The maximum atomic E-state index is 13.8. The Morgan fingerprint density at radius 2 is 1.59 bits per heavy atom. The van der Waals surface area contributed by atoms with Gasteiger partial charge in [0.2, 0.25) is 17.7 Å². The molecular formula is C27H19ClN4O5. The average molecular weight is 515 g/mol. The van der Waals surface area contributed by atoms with Crippen LogP contribution in [0.4, 0.5) is 17.1 Å². The molecule has 0 aliphatic carbocycles. The van der Waals surface area contributed by atoms with E-state index in [4.69, 9.17) is 11.6 Å². The van der Waals surface area contributed by atoms with Crippen molar-refractivity contribution < 1.29 is 19.3 Å². The molecule has 9 nitrogen and oxygen atoms in total. The third-order valence-corrected chi connectivity index (χ3v) is 7.41. The minimum Gasteiger partial charge on any atom is -0.357 e. The van der Waals surface area contributed by atoms with Gasteiger partial charge in [-0.3, -0.25) is 24.5 Å². The minimum absolute atomic E-state index is 0.152. The van der Waals surface area contributed by atoms with Gasteiger partial charge in [0.1, 0.15) is 6.04 Å². The molecule has 0 radical (unpaired) electrons. The summed E-state index contributed by atoms with van der Waals surface area (Å²) in [6.07, 6.45) is 3.65. The fourth-order valence-corrected chi connectivity index (χ4v) is 5.71. The van der Waals surface area contributed by atoms with Crippen molar-refractivity contribution in [1.29, 1.82) is 0 Å². The van der Waals surface area contributed by atoms with Gasteiger partial charge in [0.15, 0.2) is 0 Å². The fraction of sp³-hybridized carbons (Fsp3) is 0.148. The van der Waals surface area contributed by atoms with Crippen molar-refractivity contribution in [2.45, 2.75) is 12.1 Å². The molecule has 2 saturated heterocycles. The van der Waals surface area contributed by atoms with Crippen LogP contribution in [-0.4, -0.2) is 33.6 Å². The van der Waals surface area contributed by atoms with Crippen LogP contribution in [0, 0.1) is 22.0 Å². The Bertz CT molecular complexity index is 1490. The molecule has 1 N–H and O–H groups in total. The number of non-ortho nitro benzene ring substituents is 1. The fourth-order valence-electron chi connectivity index (χ4n) is 5.58. The summed E-state index contributed by atoms with van der Waals surface area (Å²) in [7, 11) is 0. The van der Waals surface area contributed by atoms with E-state index in [-0.39, 0.29) is 11.4 Å². The number of nitro groups is 1. The van der Waals surface area contributed by atoms with Crippen LogP contribution in [0.15, 0.2) is 79.0 Å². The molecule has 4 atom stereocenters. The van der Waals surface area contributed by atoms with E-state index in [1.807, 2.05) is 30.3 Å². The Morgan fingerprint density at radius 3 is 2.30 bits per heavy atom. The number of fused-ring (bicyclic) bond motifs is 5. The molecule has 0 bridgehead atoms. The van der Waals surface area contributed by atoms with Crippen molar-refractivity contribution in [3.05, 3.63) is 105 Å². The molecule has 0 unspecified atom stereocenters. The Kier molecular flexibility index (Phi) is 5.31. The first-order valence-corrected chi connectivity index (χ1v) is 12.0. The molecule has 37 heavy (non-hydrogen) atoms. The molecule has 10 heteroatoms. The number of carbonyl (C=O) groups is 3. The molecule has 0 spiro atoms. The van der Waals surface area contributed by atoms with Gasteiger partial charge in [0.25, 0.3) is 5.69 Å². The summed E-state index contributed by atoms with van der Waals surface area (Å²) in [6, 6.07) is 18.0. The third kappa shape index (κ3) is 3.58. The highest BCUT2D eigenvalue weighted by atomic mass is 35.5. The number of hydrogen-bond acceptors (Lipinski definition) is 6. The van der Waals surface area contributed by atoms with Gasteiger partial charge in [-0.05, 0) is 53.6 Å². The number of nitro benzene ring substituents is 1. The van der Waals surface area contributed by atoms with Crippen LogP contribution < -0.4 is 10.2 Å². The van der Waals surface area contributed by atoms with Crippen molar-refractivity contribution in [1.82, 2.24) is 4.90 Å². The number of imide groups is 1. The SMILES string of the molecule is O=C(Nc1ccc(Cl)cc1)[C@H]1[C@H]2C(=O)N(c3ccc([N+](=O)[O-])cc3)C(=O)[C@@H]2[C@@H]2c3ccccc3C=CN12. The quantitative estimate of drug-likeness (QED) is 0.313. The number of amides is 3. The van der Waals surface area contributed by atoms with Crippen LogP contribution in [0.2, 0.25) is 5.02 Å². The summed E-state index contributed by atoms with van der Waals surface area (Å²) in [5.74, 6) is -3.13. The lowest BCUT2D eigenvalue weighted by molar-refractivity contribution is -0.384. The molecule has 0 saturated carbocycles. The summed E-state index contributed by atoms with van der Waals surface area (Å²) in [5.41, 5.74) is 2.36. The number of nitrogens with one attached hydrogen (secondary N) is 1. The predicted molar refractivity (Wildman–Crippen MR) is 136 cm³/mol. The van der Waals surface area contributed by atoms with Crippen LogP contribution >= 0.6 is 11.6 Å². The molecule has 184 valence electrons. The zero-order valence-electron chi connectivity index (χ0n) is 19.2. The second kappa shape index (κ2) is 8.56. The molecule has 3 aliphatic heterocycles. The molecule has 2 fully saturated rings. The summed E-state index contributed by atoms with van der Waals surface area (Å²) >= 11 is 5.97. The summed E-state index contributed by atoms with van der Waals surface area (Å²) in [5, 5.41) is 14.5. The van der Waals surface area contributed by atoms with E-state index in [9.17, 15) is 24.5 Å². The predicted octanol–water partition coefficient (Wildman–Crippen LogP) is 4.40. The van der Waals surface area contributed by atoms with E-state index >= 15 is 0 Å². The summed E-state index contributed by atoms with van der Waals surface area (Å²) in [6.45, 7) is 0. The number of halogens is 1. The van der Waals surface area contributed by atoms with Gasteiger partial charge in [-0.2, -0.15) is 0 Å². The first-order chi connectivity index (χ1) is 17.8. The molecule has 0 aromatic heterocycles. The molecular weight excluding hydrogens is 496 g/mol. The Hall–Kier alpha value is -4.50. The Morgan fingerprint density at radius 1 is 0.919 bits per heavy atom. The van der Waals surface area contributed by atoms with Crippen molar-refractivity contribution in [2.24, 2.45) is 11.8 Å². The normalized spacial score (nSPS) is 23.5. The van der Waals surface area contributed by atoms with Gasteiger partial charge in [-0.1, -0.05) is 35.9 Å².